The Bertz CT molecular complexity index is 2620. The molecule has 0 radical (unpaired) electrons. The van der Waals surface area contributed by atoms with Crippen LogP contribution in [0, 0.1) is 22.7 Å². The van der Waals surface area contributed by atoms with E-state index in [2.05, 4.69) is 105 Å². The van der Waals surface area contributed by atoms with Crippen molar-refractivity contribution in [2.75, 3.05) is 0 Å². The minimum Gasteiger partial charge on any atom is -0.436 e. The first-order valence-corrected chi connectivity index (χ1v) is 16.0. The van der Waals surface area contributed by atoms with Gasteiger partial charge in [0.1, 0.15) is 11.0 Å². The van der Waals surface area contributed by atoms with E-state index in [-0.39, 0.29) is 5.41 Å². The fourth-order valence-corrected chi connectivity index (χ4v) is 7.04. The summed E-state index contributed by atoms with van der Waals surface area (Å²) in [5.41, 5.74) is 14.3. The maximum atomic E-state index is 9.41. The number of benzene rings is 6. The van der Waals surface area contributed by atoms with Crippen LogP contribution in [-0.2, 0) is 5.41 Å². The molecule has 6 heteroatoms. The second kappa shape index (κ2) is 10.6. The van der Waals surface area contributed by atoms with E-state index in [1.165, 1.54) is 22.3 Å². The molecule has 0 saturated carbocycles. The summed E-state index contributed by atoms with van der Waals surface area (Å²) in [5, 5.41) is 18.8. The van der Waals surface area contributed by atoms with Crippen LogP contribution >= 0.6 is 0 Å². The van der Waals surface area contributed by atoms with Gasteiger partial charge in [0, 0.05) is 16.5 Å². The molecule has 6 aromatic carbocycles. The van der Waals surface area contributed by atoms with Crippen molar-refractivity contribution in [1.29, 1.82) is 10.5 Å². The van der Waals surface area contributed by atoms with Gasteiger partial charge in [-0.1, -0.05) is 68.4 Å². The molecule has 0 aliphatic heterocycles. The van der Waals surface area contributed by atoms with E-state index < -0.39 is 0 Å². The Morgan fingerprint density at radius 2 is 1.02 bits per heavy atom. The first-order chi connectivity index (χ1) is 23.9. The van der Waals surface area contributed by atoms with Gasteiger partial charge >= 0.3 is 0 Å². The van der Waals surface area contributed by atoms with Crippen LogP contribution < -0.4 is 0 Å². The van der Waals surface area contributed by atoms with Gasteiger partial charge in [-0.15, -0.1) is 0 Å². The molecule has 230 valence electrons. The Hall–Kier alpha value is -6.76. The van der Waals surface area contributed by atoms with E-state index in [9.17, 15) is 10.5 Å². The van der Waals surface area contributed by atoms with Crippen molar-refractivity contribution in [1.82, 2.24) is 9.97 Å². The molecule has 6 nitrogen and oxygen atoms in total. The quantitative estimate of drug-likeness (QED) is 0.192. The van der Waals surface area contributed by atoms with Crippen LogP contribution in [-0.4, -0.2) is 9.97 Å². The van der Waals surface area contributed by atoms with Gasteiger partial charge in [0.15, 0.2) is 11.2 Å². The average Bonchev–Trinajstić information content (AvgIpc) is 3.84. The molecule has 0 fully saturated rings. The smallest absolute Gasteiger partial charge is 0.227 e. The number of fused-ring (bicyclic) bond motifs is 5. The molecule has 0 unspecified atom stereocenters. The van der Waals surface area contributed by atoms with Crippen LogP contribution in [0.5, 0.6) is 0 Å². The van der Waals surface area contributed by atoms with Crippen molar-refractivity contribution in [3.63, 3.8) is 0 Å². The van der Waals surface area contributed by atoms with Crippen LogP contribution in [0.2, 0.25) is 0 Å². The van der Waals surface area contributed by atoms with Crippen LogP contribution in [0.25, 0.3) is 78.5 Å². The summed E-state index contributed by atoms with van der Waals surface area (Å²) < 4.78 is 12.4. The number of oxazole rings is 2. The Morgan fingerprint density at radius 3 is 1.65 bits per heavy atom. The second-order valence-corrected chi connectivity index (χ2v) is 12.9. The summed E-state index contributed by atoms with van der Waals surface area (Å²) in [6, 6.07) is 44.8. The molecule has 0 atom stereocenters. The lowest BCUT2D eigenvalue weighted by molar-refractivity contribution is 0.617. The Balaban J connectivity index is 1.18. The lowest BCUT2D eigenvalue weighted by Crippen LogP contribution is -2.14. The lowest BCUT2D eigenvalue weighted by atomic mass is 9.81. The van der Waals surface area contributed by atoms with Crippen molar-refractivity contribution >= 4 is 22.2 Å². The largest absolute Gasteiger partial charge is 0.436 e. The Kier molecular flexibility index (Phi) is 6.18. The molecule has 0 saturated heterocycles. The van der Waals surface area contributed by atoms with Gasteiger partial charge in [0.25, 0.3) is 0 Å². The normalized spacial score (nSPS) is 12.8. The Labute approximate surface area is 282 Å². The number of hydrogen-bond acceptors (Lipinski definition) is 6. The predicted molar refractivity (Wildman–Crippen MR) is 190 cm³/mol. The second-order valence-electron chi connectivity index (χ2n) is 12.9. The van der Waals surface area contributed by atoms with Gasteiger partial charge in [0.05, 0.1) is 23.3 Å². The van der Waals surface area contributed by atoms with E-state index in [0.717, 1.165) is 33.4 Å². The number of nitriles is 2. The van der Waals surface area contributed by atoms with Crippen LogP contribution in [0.15, 0.2) is 130 Å². The molecular weight excluding hydrogens is 604 g/mol. The number of aromatic nitrogens is 2. The highest BCUT2D eigenvalue weighted by Gasteiger charge is 2.35. The number of hydrogen-bond donors (Lipinski definition) is 0. The zero-order chi connectivity index (χ0) is 33.3. The fourth-order valence-electron chi connectivity index (χ4n) is 7.04. The molecule has 8 aromatic rings. The average molecular weight is 631 g/mol. The zero-order valence-electron chi connectivity index (χ0n) is 26.7. The van der Waals surface area contributed by atoms with Crippen LogP contribution in [0.1, 0.15) is 36.1 Å². The maximum absolute atomic E-state index is 9.41. The standard InChI is InChI=1S/C43H26N4O2/c1-43(2)35-9-4-3-8-33(35)34-13-12-29(22-36(34)43)27-6-5-7-28(18-27)30-19-31(41-46-37-16-25(23-44)10-14-39(37)48-41)21-32(20-30)42-47-38-17-26(24-45)11-15-40(38)49-42/h3-22H,1-2H3. The van der Waals surface area contributed by atoms with E-state index in [0.29, 0.717) is 45.1 Å². The number of rotatable bonds is 4. The molecule has 0 amide bonds. The first kappa shape index (κ1) is 28.5. The van der Waals surface area contributed by atoms with Gasteiger partial charge in [-0.25, -0.2) is 9.97 Å². The minimum absolute atomic E-state index is 0.0933. The molecule has 0 spiro atoms. The van der Waals surface area contributed by atoms with Crippen molar-refractivity contribution < 1.29 is 8.83 Å². The van der Waals surface area contributed by atoms with Gasteiger partial charge in [-0.3, -0.25) is 0 Å². The third-order valence-electron chi connectivity index (χ3n) is 9.57. The van der Waals surface area contributed by atoms with E-state index in [1.54, 1.807) is 36.4 Å². The molecule has 9 rings (SSSR count). The SMILES string of the molecule is CC1(C)c2ccccc2-c2ccc(-c3cccc(-c4cc(-c5nc6cc(C#N)ccc6o5)cc(-c5nc6cc(C#N)ccc6o5)c4)c3)cc21. The van der Waals surface area contributed by atoms with Gasteiger partial charge in [-0.05, 0) is 111 Å². The summed E-state index contributed by atoms with van der Waals surface area (Å²) in [4.78, 5) is 9.50. The third kappa shape index (κ3) is 4.62. The highest BCUT2D eigenvalue weighted by atomic mass is 16.4. The van der Waals surface area contributed by atoms with Crippen LogP contribution in [0.4, 0.5) is 0 Å². The van der Waals surface area contributed by atoms with Crippen molar-refractivity contribution in [3.05, 3.63) is 144 Å². The molecule has 2 aromatic heterocycles. The van der Waals surface area contributed by atoms with Gasteiger partial charge in [0.2, 0.25) is 11.8 Å². The summed E-state index contributed by atoms with van der Waals surface area (Å²) in [6.07, 6.45) is 0. The highest BCUT2D eigenvalue weighted by Crippen LogP contribution is 2.49. The molecule has 49 heavy (non-hydrogen) atoms. The fraction of sp³-hybridized carbons (Fsp3) is 0.0698. The number of nitrogens with zero attached hydrogens (tertiary/aromatic N) is 4. The topological polar surface area (TPSA) is 99.6 Å². The maximum Gasteiger partial charge on any atom is 0.227 e. The molecule has 1 aliphatic carbocycles. The third-order valence-corrected chi connectivity index (χ3v) is 9.57. The lowest BCUT2D eigenvalue weighted by Gasteiger charge is -2.22. The molecule has 0 N–H and O–H groups in total. The predicted octanol–water partition coefficient (Wildman–Crippen LogP) is 10.7. The Morgan fingerprint density at radius 1 is 0.490 bits per heavy atom. The van der Waals surface area contributed by atoms with Gasteiger partial charge in [-0.2, -0.15) is 10.5 Å². The zero-order valence-corrected chi connectivity index (χ0v) is 26.7. The molecular formula is C43H26N4O2. The monoisotopic (exact) mass is 630 g/mol. The van der Waals surface area contributed by atoms with E-state index in [4.69, 9.17) is 18.8 Å². The van der Waals surface area contributed by atoms with Crippen molar-refractivity contribution in [2.45, 2.75) is 19.3 Å². The summed E-state index contributed by atoms with van der Waals surface area (Å²) in [7, 11) is 0. The molecule has 0 bridgehead atoms. The summed E-state index contributed by atoms with van der Waals surface area (Å²) >= 11 is 0. The minimum atomic E-state index is -0.0933. The first-order valence-electron chi connectivity index (χ1n) is 16.0. The summed E-state index contributed by atoms with van der Waals surface area (Å²) in [6.45, 7) is 4.59. The van der Waals surface area contributed by atoms with E-state index >= 15 is 0 Å². The van der Waals surface area contributed by atoms with Crippen molar-refractivity contribution in [2.24, 2.45) is 0 Å². The van der Waals surface area contributed by atoms with Gasteiger partial charge < -0.3 is 8.83 Å². The van der Waals surface area contributed by atoms with E-state index in [1.807, 2.05) is 6.07 Å². The molecule has 1 aliphatic rings. The highest BCUT2D eigenvalue weighted by molar-refractivity contribution is 5.86. The summed E-state index contributed by atoms with van der Waals surface area (Å²) in [5.74, 6) is 0.847. The van der Waals surface area contributed by atoms with Crippen LogP contribution in [0.3, 0.4) is 0 Å². The van der Waals surface area contributed by atoms with Crippen molar-refractivity contribution in [3.8, 4) is 68.4 Å². The molecule has 2 heterocycles.